The first-order chi connectivity index (χ1) is 7.88. The van der Waals surface area contributed by atoms with Crippen LogP contribution in [0.2, 0.25) is 6.04 Å². The van der Waals surface area contributed by atoms with Crippen LogP contribution in [0.3, 0.4) is 0 Å². The van der Waals surface area contributed by atoms with Gasteiger partial charge >= 0.3 is 0 Å². The van der Waals surface area contributed by atoms with E-state index in [0.29, 0.717) is 11.1 Å². The SMILES string of the molecule is C1CC[Si]OC1.N#Cc1ccccc1C#N. The molecule has 0 amide bonds. The van der Waals surface area contributed by atoms with Gasteiger partial charge in [-0.25, -0.2) is 0 Å². The van der Waals surface area contributed by atoms with Crippen LogP contribution in [0.1, 0.15) is 24.0 Å². The van der Waals surface area contributed by atoms with E-state index in [1.165, 1.54) is 18.9 Å². The Balaban J connectivity index is 0.000000181. The van der Waals surface area contributed by atoms with Gasteiger partial charge in [-0.15, -0.1) is 0 Å². The first-order valence-electron chi connectivity index (χ1n) is 5.12. The van der Waals surface area contributed by atoms with E-state index in [0.717, 1.165) is 16.4 Å². The predicted molar refractivity (Wildman–Crippen MR) is 61.6 cm³/mol. The van der Waals surface area contributed by atoms with E-state index in [2.05, 4.69) is 0 Å². The Morgan fingerprint density at radius 3 is 1.94 bits per heavy atom. The zero-order valence-electron chi connectivity index (χ0n) is 8.94. The number of hydrogen-bond acceptors (Lipinski definition) is 3. The summed E-state index contributed by atoms with van der Waals surface area (Å²) in [6.07, 6.45) is 2.67. The van der Waals surface area contributed by atoms with E-state index < -0.39 is 0 Å². The van der Waals surface area contributed by atoms with Crippen molar-refractivity contribution in [1.29, 1.82) is 10.5 Å². The molecule has 4 heteroatoms. The van der Waals surface area contributed by atoms with Gasteiger partial charge in [-0.2, -0.15) is 10.5 Å². The lowest BCUT2D eigenvalue weighted by atomic mass is 10.1. The fraction of sp³-hybridized carbons (Fsp3) is 0.333. The van der Waals surface area contributed by atoms with Gasteiger partial charge < -0.3 is 4.43 Å². The van der Waals surface area contributed by atoms with Gasteiger partial charge in [0.15, 0.2) is 0 Å². The summed E-state index contributed by atoms with van der Waals surface area (Å²) < 4.78 is 5.10. The molecule has 16 heavy (non-hydrogen) atoms. The molecule has 0 aliphatic carbocycles. The smallest absolute Gasteiger partial charge is 0.229 e. The van der Waals surface area contributed by atoms with Crippen LogP contribution in [-0.4, -0.2) is 16.4 Å². The van der Waals surface area contributed by atoms with E-state index in [1.807, 2.05) is 12.1 Å². The van der Waals surface area contributed by atoms with Crippen LogP contribution in [-0.2, 0) is 4.43 Å². The second kappa shape index (κ2) is 7.64. The number of rotatable bonds is 0. The molecule has 0 bridgehead atoms. The molecule has 1 saturated heterocycles. The fourth-order valence-electron chi connectivity index (χ4n) is 1.19. The standard InChI is InChI=1S/C8H4N2.C4H8OSi/c9-5-7-3-1-2-4-8(7)6-10;1-2-4-6-5-3-1/h1-4H;1-4H2. The Hall–Kier alpha value is -1.62. The Morgan fingerprint density at radius 2 is 1.69 bits per heavy atom. The molecular formula is C12H12N2OSi. The van der Waals surface area contributed by atoms with Crippen LogP contribution in [0.5, 0.6) is 0 Å². The summed E-state index contributed by atoms with van der Waals surface area (Å²) in [5, 5.41) is 16.9. The normalized spacial score (nSPS) is 13.9. The van der Waals surface area contributed by atoms with Gasteiger partial charge in [-0.05, 0) is 24.6 Å². The number of hydrogen-bond donors (Lipinski definition) is 0. The summed E-state index contributed by atoms with van der Waals surface area (Å²) in [6.45, 7) is 1.01. The van der Waals surface area contributed by atoms with Crippen molar-refractivity contribution in [1.82, 2.24) is 0 Å². The molecule has 0 spiro atoms. The maximum absolute atomic E-state index is 8.45. The average Bonchev–Trinajstić information content (AvgIpc) is 2.41. The molecule has 80 valence electrons. The van der Waals surface area contributed by atoms with Crippen LogP contribution in [0, 0.1) is 22.7 Å². The molecule has 1 heterocycles. The van der Waals surface area contributed by atoms with E-state index in [4.69, 9.17) is 14.9 Å². The van der Waals surface area contributed by atoms with Gasteiger partial charge in [-0.1, -0.05) is 18.6 Å². The molecule has 0 N–H and O–H groups in total. The monoisotopic (exact) mass is 228 g/mol. The predicted octanol–water partition coefficient (Wildman–Crippen LogP) is 2.26. The first-order valence-corrected chi connectivity index (χ1v) is 6.24. The largest absolute Gasteiger partial charge is 0.417 e. The Labute approximate surface area is 98.2 Å². The van der Waals surface area contributed by atoms with Crippen LogP contribution in [0.25, 0.3) is 0 Å². The number of nitriles is 2. The first kappa shape index (κ1) is 12.4. The highest BCUT2D eigenvalue weighted by molar-refractivity contribution is 6.27. The lowest BCUT2D eigenvalue weighted by Gasteiger charge is -2.06. The molecule has 2 radical (unpaired) electrons. The van der Waals surface area contributed by atoms with Gasteiger partial charge in [0.25, 0.3) is 0 Å². The molecule has 0 unspecified atom stereocenters. The van der Waals surface area contributed by atoms with Gasteiger partial charge in [0, 0.05) is 6.61 Å². The summed E-state index contributed by atoms with van der Waals surface area (Å²) >= 11 is 0. The summed E-state index contributed by atoms with van der Waals surface area (Å²) in [7, 11) is 0.802. The van der Waals surface area contributed by atoms with Crippen molar-refractivity contribution in [2.24, 2.45) is 0 Å². The van der Waals surface area contributed by atoms with Crippen LogP contribution in [0.4, 0.5) is 0 Å². The molecule has 0 saturated carbocycles. The zero-order valence-corrected chi connectivity index (χ0v) is 9.94. The van der Waals surface area contributed by atoms with E-state index in [-0.39, 0.29) is 0 Å². The summed E-state index contributed by atoms with van der Waals surface area (Å²) in [4.78, 5) is 0. The number of nitrogens with zero attached hydrogens (tertiary/aromatic N) is 2. The van der Waals surface area contributed by atoms with Gasteiger partial charge in [0.2, 0.25) is 9.76 Å². The third-order valence-corrected chi connectivity index (χ3v) is 3.01. The second-order valence-electron chi connectivity index (χ2n) is 3.22. The summed E-state index contributed by atoms with van der Waals surface area (Å²) in [5.74, 6) is 0. The minimum absolute atomic E-state index is 0.435. The lowest BCUT2D eigenvalue weighted by molar-refractivity contribution is 0.304. The minimum Gasteiger partial charge on any atom is -0.417 e. The molecule has 1 aromatic carbocycles. The van der Waals surface area contributed by atoms with Gasteiger partial charge in [-0.3, -0.25) is 0 Å². The van der Waals surface area contributed by atoms with Gasteiger partial charge in [0.05, 0.1) is 11.1 Å². The van der Waals surface area contributed by atoms with Gasteiger partial charge in [0.1, 0.15) is 12.1 Å². The van der Waals surface area contributed by atoms with Crippen molar-refractivity contribution in [3.05, 3.63) is 35.4 Å². The highest BCUT2D eigenvalue weighted by atomic mass is 28.2. The highest BCUT2D eigenvalue weighted by Gasteiger charge is 1.97. The van der Waals surface area contributed by atoms with Crippen molar-refractivity contribution in [3.63, 3.8) is 0 Å². The molecule has 1 aliphatic rings. The molecular weight excluding hydrogens is 216 g/mol. The molecule has 1 aromatic rings. The van der Waals surface area contributed by atoms with E-state index in [9.17, 15) is 0 Å². The maximum Gasteiger partial charge on any atom is 0.229 e. The van der Waals surface area contributed by atoms with Crippen molar-refractivity contribution >= 4 is 9.76 Å². The Bertz CT molecular complexity index is 358. The second-order valence-corrected chi connectivity index (χ2v) is 4.30. The van der Waals surface area contributed by atoms with Crippen LogP contribution in [0.15, 0.2) is 24.3 Å². The number of benzene rings is 1. The van der Waals surface area contributed by atoms with Crippen LogP contribution >= 0.6 is 0 Å². The molecule has 0 atom stereocenters. The topological polar surface area (TPSA) is 56.8 Å². The van der Waals surface area contributed by atoms with Crippen molar-refractivity contribution < 1.29 is 4.43 Å². The molecule has 0 aromatic heterocycles. The highest BCUT2D eigenvalue weighted by Crippen LogP contribution is 2.04. The van der Waals surface area contributed by atoms with Crippen molar-refractivity contribution in [2.75, 3.05) is 6.61 Å². The summed E-state index contributed by atoms with van der Waals surface area (Å²) in [6, 6.07) is 11.9. The summed E-state index contributed by atoms with van der Waals surface area (Å²) in [5.41, 5.74) is 0.870. The van der Waals surface area contributed by atoms with Crippen molar-refractivity contribution in [3.8, 4) is 12.1 Å². The zero-order chi connectivity index (χ0) is 11.6. The lowest BCUT2D eigenvalue weighted by Crippen LogP contribution is -2.06. The fourth-order valence-corrected chi connectivity index (χ4v) is 2.02. The molecule has 2 rings (SSSR count). The third kappa shape index (κ3) is 4.27. The molecule has 3 nitrogen and oxygen atoms in total. The Kier molecular flexibility index (Phi) is 5.94. The molecule has 1 fully saturated rings. The third-order valence-electron chi connectivity index (χ3n) is 2.05. The maximum atomic E-state index is 8.45. The minimum atomic E-state index is 0.435. The van der Waals surface area contributed by atoms with E-state index >= 15 is 0 Å². The van der Waals surface area contributed by atoms with Crippen LogP contribution < -0.4 is 0 Å². The average molecular weight is 228 g/mol. The quantitative estimate of drug-likeness (QED) is 0.640. The van der Waals surface area contributed by atoms with E-state index in [1.54, 1.807) is 24.3 Å². The molecule has 1 aliphatic heterocycles. The van der Waals surface area contributed by atoms with Crippen molar-refractivity contribution in [2.45, 2.75) is 18.9 Å². The Morgan fingerprint density at radius 1 is 1.06 bits per heavy atom.